The number of cyclic esters (lactones) is 1. The lowest BCUT2D eigenvalue weighted by Gasteiger charge is -2.41. The molecule has 8 nitrogen and oxygen atoms in total. The molecule has 2 aromatic heterocycles. The van der Waals surface area contributed by atoms with Gasteiger partial charge in [0.05, 0.1) is 17.1 Å². The van der Waals surface area contributed by atoms with Crippen LogP contribution in [0, 0.1) is 31.1 Å². The zero-order valence-electron chi connectivity index (χ0n) is 22.9. The first-order valence-corrected chi connectivity index (χ1v) is 13.9. The lowest BCUT2D eigenvalue weighted by molar-refractivity contribution is -0.167. The van der Waals surface area contributed by atoms with Crippen LogP contribution in [0.2, 0.25) is 5.02 Å². The van der Waals surface area contributed by atoms with E-state index in [4.69, 9.17) is 16.3 Å². The number of carbonyl (C=O) groups is 1. The minimum Gasteiger partial charge on any atom is -0.512 e. The number of aryl methyl sites for hydroxylation is 3. The van der Waals surface area contributed by atoms with Crippen LogP contribution in [0.4, 0.5) is 0 Å². The summed E-state index contributed by atoms with van der Waals surface area (Å²) in [5, 5.41) is 25.8. The van der Waals surface area contributed by atoms with Gasteiger partial charge in [-0.15, -0.1) is 5.10 Å². The molecule has 3 aromatic rings. The van der Waals surface area contributed by atoms with Gasteiger partial charge in [0.2, 0.25) is 0 Å². The number of hydrogen-bond donors (Lipinski definition) is 1. The highest BCUT2D eigenvalue weighted by Crippen LogP contribution is 2.46. The number of esters is 1. The van der Waals surface area contributed by atoms with E-state index in [0.29, 0.717) is 29.5 Å². The van der Waals surface area contributed by atoms with Crippen LogP contribution >= 0.6 is 11.6 Å². The van der Waals surface area contributed by atoms with Gasteiger partial charge in [-0.25, -0.2) is 14.3 Å². The average molecular weight is 548 g/mol. The predicted molar refractivity (Wildman–Crippen MR) is 147 cm³/mol. The van der Waals surface area contributed by atoms with Crippen molar-refractivity contribution in [1.82, 2.24) is 19.6 Å². The fourth-order valence-corrected chi connectivity index (χ4v) is 6.50. The summed E-state index contributed by atoms with van der Waals surface area (Å²) in [7, 11) is 0. The van der Waals surface area contributed by atoms with E-state index in [1.54, 1.807) is 4.52 Å². The molecule has 0 radical (unpaired) electrons. The molecule has 1 fully saturated rings. The number of hydrogen-bond acceptors (Lipinski definition) is 7. The van der Waals surface area contributed by atoms with Crippen LogP contribution in [0.25, 0.3) is 5.78 Å². The summed E-state index contributed by atoms with van der Waals surface area (Å²) < 4.78 is 7.91. The van der Waals surface area contributed by atoms with E-state index in [0.717, 1.165) is 48.2 Å². The summed E-state index contributed by atoms with van der Waals surface area (Å²) in [6, 6.07) is 10.0. The molecule has 1 unspecified atom stereocenters. The van der Waals surface area contributed by atoms with E-state index in [1.165, 1.54) is 0 Å². The number of nitrogens with zero attached hydrogens (tertiary/aromatic N) is 5. The fourth-order valence-electron chi connectivity index (χ4n) is 6.07. The Balaban J connectivity index is 1.39. The first-order chi connectivity index (χ1) is 18.5. The van der Waals surface area contributed by atoms with Gasteiger partial charge >= 0.3 is 5.97 Å². The number of rotatable bonds is 7. The average Bonchev–Trinajstić information content (AvgIpc) is 3.56. The van der Waals surface area contributed by atoms with E-state index in [-0.39, 0.29) is 30.1 Å². The summed E-state index contributed by atoms with van der Waals surface area (Å²) in [6.45, 7) is 7.51. The van der Waals surface area contributed by atoms with Crippen LogP contribution in [0.1, 0.15) is 80.7 Å². The standard InChI is InChI=1S/C30H34ClN5O3/c1-18-13-19(2)36-28(33-18)34-26(35-36)15-22-25(37)16-30(39-27(22)38,21-7-5-6-8-21)12-11-20-9-10-23(24(31)14-20)29(3,4)17-32/h9-10,13-14,21,37H,5-8,11-12,15-16H2,1-4H3. The molecular weight excluding hydrogens is 514 g/mol. The number of benzene rings is 1. The Morgan fingerprint density at radius 2 is 1.97 bits per heavy atom. The molecular formula is C30H34ClN5O3. The fraction of sp³-hybridized carbons (Fsp3) is 0.500. The van der Waals surface area contributed by atoms with Gasteiger partial charge in [0.15, 0.2) is 5.82 Å². The van der Waals surface area contributed by atoms with Crippen LogP contribution in [-0.2, 0) is 27.8 Å². The molecule has 0 saturated heterocycles. The topological polar surface area (TPSA) is 113 Å². The second-order valence-corrected chi connectivity index (χ2v) is 12.0. The van der Waals surface area contributed by atoms with Gasteiger partial charge < -0.3 is 9.84 Å². The Kier molecular flexibility index (Phi) is 7.15. The smallest absolute Gasteiger partial charge is 0.338 e. The van der Waals surface area contributed by atoms with Gasteiger partial charge in [0, 0.05) is 29.3 Å². The Hall–Kier alpha value is -3.44. The highest BCUT2D eigenvalue weighted by Gasteiger charge is 2.48. The molecule has 39 heavy (non-hydrogen) atoms. The molecule has 1 aliphatic carbocycles. The molecule has 9 heteroatoms. The number of aromatic nitrogens is 4. The SMILES string of the molecule is Cc1cc(C)n2nc(CC3=C(O)CC(CCc4ccc(C(C)(C)C#N)c(Cl)c4)(C4CCCC4)OC3=O)nc2n1. The summed E-state index contributed by atoms with van der Waals surface area (Å²) in [5.74, 6) is 0.616. The monoisotopic (exact) mass is 547 g/mol. The minimum absolute atomic E-state index is 0.0574. The van der Waals surface area contributed by atoms with E-state index < -0.39 is 17.0 Å². The molecule has 1 aromatic carbocycles. The zero-order valence-corrected chi connectivity index (χ0v) is 23.7. The molecule has 5 rings (SSSR count). The normalized spacial score (nSPS) is 20.5. The van der Waals surface area contributed by atoms with Crippen molar-refractivity contribution < 1.29 is 14.6 Å². The number of ether oxygens (including phenoxy) is 1. The van der Waals surface area contributed by atoms with Crippen molar-refractivity contribution in [2.45, 2.75) is 90.1 Å². The van der Waals surface area contributed by atoms with Crippen molar-refractivity contribution in [3.05, 3.63) is 69.0 Å². The van der Waals surface area contributed by atoms with Crippen molar-refractivity contribution in [2.24, 2.45) is 5.92 Å². The van der Waals surface area contributed by atoms with Crippen molar-refractivity contribution in [3.63, 3.8) is 0 Å². The van der Waals surface area contributed by atoms with E-state index >= 15 is 0 Å². The Bertz CT molecular complexity index is 1510. The van der Waals surface area contributed by atoms with Crippen molar-refractivity contribution in [1.29, 1.82) is 5.26 Å². The second kappa shape index (κ2) is 10.3. The molecule has 0 spiro atoms. The lowest BCUT2D eigenvalue weighted by atomic mass is 9.76. The van der Waals surface area contributed by atoms with Crippen LogP contribution in [-0.4, -0.2) is 36.3 Å². The van der Waals surface area contributed by atoms with Crippen molar-refractivity contribution >= 4 is 23.3 Å². The number of carbonyl (C=O) groups excluding carboxylic acids is 1. The summed E-state index contributed by atoms with van der Waals surface area (Å²) >= 11 is 6.56. The molecule has 0 bridgehead atoms. The summed E-state index contributed by atoms with van der Waals surface area (Å²) in [4.78, 5) is 22.3. The van der Waals surface area contributed by atoms with Crippen molar-refractivity contribution in [3.8, 4) is 6.07 Å². The van der Waals surface area contributed by atoms with Crippen LogP contribution in [0.15, 0.2) is 35.6 Å². The van der Waals surface area contributed by atoms with Crippen LogP contribution in [0.3, 0.4) is 0 Å². The highest BCUT2D eigenvalue weighted by molar-refractivity contribution is 6.31. The third-order valence-corrected chi connectivity index (χ3v) is 8.59. The van der Waals surface area contributed by atoms with E-state index in [2.05, 4.69) is 21.1 Å². The maximum Gasteiger partial charge on any atom is 0.338 e. The maximum atomic E-state index is 13.4. The molecule has 2 aliphatic rings. The van der Waals surface area contributed by atoms with Gasteiger partial charge in [-0.3, -0.25) is 0 Å². The lowest BCUT2D eigenvalue weighted by Crippen LogP contribution is -2.46. The number of fused-ring (bicyclic) bond motifs is 1. The van der Waals surface area contributed by atoms with Crippen LogP contribution < -0.4 is 0 Å². The molecule has 1 saturated carbocycles. The van der Waals surface area contributed by atoms with Gasteiger partial charge in [0.25, 0.3) is 5.78 Å². The van der Waals surface area contributed by atoms with Gasteiger partial charge in [0.1, 0.15) is 11.4 Å². The predicted octanol–water partition coefficient (Wildman–Crippen LogP) is 6.06. The maximum absolute atomic E-state index is 13.4. The molecule has 1 N–H and O–H groups in total. The van der Waals surface area contributed by atoms with Crippen LogP contribution in [0.5, 0.6) is 0 Å². The quantitative estimate of drug-likeness (QED) is 0.358. The number of aliphatic hydroxyl groups excluding tert-OH is 1. The Morgan fingerprint density at radius 3 is 2.64 bits per heavy atom. The molecule has 3 heterocycles. The second-order valence-electron chi connectivity index (χ2n) is 11.5. The highest BCUT2D eigenvalue weighted by atomic mass is 35.5. The summed E-state index contributed by atoms with van der Waals surface area (Å²) in [5.41, 5.74) is 2.27. The Labute approximate surface area is 233 Å². The third-order valence-electron chi connectivity index (χ3n) is 8.28. The van der Waals surface area contributed by atoms with Crippen molar-refractivity contribution in [2.75, 3.05) is 0 Å². The number of nitriles is 1. The van der Waals surface area contributed by atoms with Gasteiger partial charge in [-0.1, -0.05) is 36.6 Å². The summed E-state index contributed by atoms with van der Waals surface area (Å²) in [6.07, 6.45) is 5.66. The molecule has 0 amide bonds. The number of aliphatic hydroxyl groups is 1. The third kappa shape index (κ3) is 5.25. The minimum atomic E-state index is -0.778. The van der Waals surface area contributed by atoms with Gasteiger partial charge in [-0.05, 0) is 82.6 Å². The first-order valence-electron chi connectivity index (χ1n) is 13.6. The number of halogens is 1. The first kappa shape index (κ1) is 27.1. The zero-order chi connectivity index (χ0) is 27.9. The van der Waals surface area contributed by atoms with Gasteiger partial charge in [-0.2, -0.15) is 10.2 Å². The molecule has 1 atom stereocenters. The largest absolute Gasteiger partial charge is 0.512 e. The van der Waals surface area contributed by atoms with E-state index in [9.17, 15) is 15.2 Å². The molecule has 204 valence electrons. The molecule has 1 aliphatic heterocycles. The van der Waals surface area contributed by atoms with E-state index in [1.807, 2.05) is 52.0 Å². The Morgan fingerprint density at radius 1 is 1.23 bits per heavy atom.